The van der Waals surface area contributed by atoms with Gasteiger partial charge in [0.2, 0.25) is 0 Å². The highest BCUT2D eigenvalue weighted by Gasteiger charge is 2.39. The molecule has 0 saturated carbocycles. The van der Waals surface area contributed by atoms with Crippen LogP contribution in [0.15, 0.2) is 48.5 Å². The highest BCUT2D eigenvalue weighted by atomic mass is 16.5. The number of carbonyl (C=O) groups excluding carboxylic acids is 2. The summed E-state index contributed by atoms with van der Waals surface area (Å²) in [6.45, 7) is 8.62. The van der Waals surface area contributed by atoms with Crippen LogP contribution >= 0.6 is 0 Å². The van der Waals surface area contributed by atoms with E-state index in [1.807, 2.05) is 55.4 Å². The van der Waals surface area contributed by atoms with Crippen molar-refractivity contribution in [2.45, 2.75) is 25.3 Å². The van der Waals surface area contributed by atoms with Crippen molar-refractivity contribution in [3.63, 3.8) is 0 Å². The van der Waals surface area contributed by atoms with Gasteiger partial charge in [0, 0.05) is 56.1 Å². The smallest absolute Gasteiger partial charge is 0.254 e. The molecular formula is C29H40N4O3. The van der Waals surface area contributed by atoms with Gasteiger partial charge in [0.05, 0.1) is 18.8 Å². The molecule has 0 spiro atoms. The number of ketones is 1. The van der Waals surface area contributed by atoms with Crippen molar-refractivity contribution in [2.75, 3.05) is 78.5 Å². The molecule has 0 aliphatic carbocycles. The summed E-state index contributed by atoms with van der Waals surface area (Å²) in [5, 5.41) is 0. The van der Waals surface area contributed by atoms with Crippen LogP contribution in [0.4, 0.5) is 5.69 Å². The van der Waals surface area contributed by atoms with Gasteiger partial charge in [-0.05, 0) is 75.9 Å². The summed E-state index contributed by atoms with van der Waals surface area (Å²) in [4.78, 5) is 35.3. The Balaban J connectivity index is 1.49. The second-order valence-electron chi connectivity index (χ2n) is 10.2. The predicted molar refractivity (Wildman–Crippen MR) is 144 cm³/mol. The maximum absolute atomic E-state index is 13.9. The van der Waals surface area contributed by atoms with Crippen LogP contribution in [0.5, 0.6) is 0 Å². The van der Waals surface area contributed by atoms with Gasteiger partial charge in [-0.25, -0.2) is 0 Å². The molecule has 0 N–H and O–H groups in total. The molecule has 2 aromatic carbocycles. The number of amides is 1. The van der Waals surface area contributed by atoms with Crippen molar-refractivity contribution < 1.29 is 14.3 Å². The van der Waals surface area contributed by atoms with E-state index in [0.29, 0.717) is 44.7 Å². The Kier molecular flexibility index (Phi) is 8.44. The van der Waals surface area contributed by atoms with Crippen molar-refractivity contribution >= 4 is 17.4 Å². The molecule has 36 heavy (non-hydrogen) atoms. The van der Waals surface area contributed by atoms with Crippen molar-refractivity contribution in [3.05, 3.63) is 65.2 Å². The molecule has 0 radical (unpaired) electrons. The molecule has 7 heteroatoms. The Bertz CT molecular complexity index is 1020. The molecule has 2 fully saturated rings. The summed E-state index contributed by atoms with van der Waals surface area (Å²) in [7, 11) is 6.12. The van der Waals surface area contributed by atoms with Gasteiger partial charge in [-0.2, -0.15) is 0 Å². The number of benzene rings is 2. The molecule has 1 amide bonds. The second kappa shape index (κ2) is 11.5. The number of ether oxygens (including phenoxy) is 1. The Labute approximate surface area is 215 Å². The van der Waals surface area contributed by atoms with Gasteiger partial charge in [-0.3, -0.25) is 14.5 Å². The average molecular weight is 493 g/mol. The fourth-order valence-electron chi connectivity index (χ4n) is 5.25. The van der Waals surface area contributed by atoms with E-state index >= 15 is 0 Å². The summed E-state index contributed by atoms with van der Waals surface area (Å²) in [5.74, 6) is 0.170. The van der Waals surface area contributed by atoms with Gasteiger partial charge < -0.3 is 19.4 Å². The monoisotopic (exact) mass is 492 g/mol. The van der Waals surface area contributed by atoms with Crippen molar-refractivity contribution in [1.29, 1.82) is 0 Å². The van der Waals surface area contributed by atoms with E-state index in [4.69, 9.17) is 4.74 Å². The first-order chi connectivity index (χ1) is 17.3. The first-order valence-electron chi connectivity index (χ1n) is 13.1. The molecule has 2 heterocycles. The number of rotatable bonds is 8. The number of hydrogen-bond acceptors (Lipinski definition) is 6. The van der Waals surface area contributed by atoms with Crippen molar-refractivity contribution in [1.82, 2.24) is 14.7 Å². The molecule has 1 atom stereocenters. The van der Waals surface area contributed by atoms with E-state index in [-0.39, 0.29) is 11.7 Å². The minimum atomic E-state index is -0.662. The molecule has 2 aliphatic rings. The summed E-state index contributed by atoms with van der Waals surface area (Å²) >= 11 is 0. The maximum Gasteiger partial charge on any atom is 0.254 e. The number of carbonyl (C=O) groups is 2. The lowest BCUT2D eigenvalue weighted by molar-refractivity contribution is 0.0303. The average Bonchev–Trinajstić information content (AvgIpc) is 2.92. The number of hydrogen-bond donors (Lipinski definition) is 0. The number of nitrogens with zero attached hydrogens (tertiary/aromatic N) is 4. The fourth-order valence-corrected chi connectivity index (χ4v) is 5.25. The molecular weight excluding hydrogens is 452 g/mol. The Morgan fingerprint density at radius 1 is 0.861 bits per heavy atom. The molecule has 0 bridgehead atoms. The minimum absolute atomic E-state index is 0.0377. The number of morpholine rings is 1. The zero-order chi connectivity index (χ0) is 25.7. The SMILES string of the molecule is CCC(Cc1ccc(C(=O)N2CCOCC2)cc1)(C(=O)c1ccc(N2CCN(C)CC2)cc1)N(C)C. The van der Waals surface area contributed by atoms with E-state index in [2.05, 4.69) is 40.8 Å². The van der Waals surface area contributed by atoms with E-state index in [1.54, 1.807) is 0 Å². The van der Waals surface area contributed by atoms with Gasteiger partial charge in [-0.15, -0.1) is 0 Å². The standard InChI is InChI=1S/C29H40N4O3/c1-5-29(30(2)3,22-23-6-8-25(9-7-23)28(35)33-18-20-36-21-19-33)27(34)24-10-12-26(13-11-24)32-16-14-31(4)15-17-32/h6-13H,5,14-22H2,1-4H3. The van der Waals surface area contributed by atoms with Crippen LogP contribution in [-0.4, -0.2) is 106 Å². The normalized spacial score (nSPS) is 18.8. The zero-order valence-electron chi connectivity index (χ0n) is 22.2. The van der Waals surface area contributed by atoms with Gasteiger partial charge >= 0.3 is 0 Å². The van der Waals surface area contributed by atoms with Crippen LogP contribution in [0.1, 0.15) is 39.6 Å². The number of piperazine rings is 1. The molecule has 194 valence electrons. The third-order valence-corrected chi connectivity index (χ3v) is 7.86. The van der Waals surface area contributed by atoms with E-state index < -0.39 is 5.54 Å². The van der Waals surface area contributed by atoms with Crippen LogP contribution in [0.3, 0.4) is 0 Å². The summed E-state index contributed by atoms with van der Waals surface area (Å²) in [6.07, 6.45) is 1.27. The summed E-state index contributed by atoms with van der Waals surface area (Å²) in [5.41, 5.74) is 2.98. The van der Waals surface area contributed by atoms with Gasteiger partial charge in [0.25, 0.3) is 5.91 Å². The summed E-state index contributed by atoms with van der Waals surface area (Å²) in [6, 6.07) is 15.9. The highest BCUT2D eigenvalue weighted by molar-refractivity contribution is 6.03. The van der Waals surface area contributed by atoms with Crippen LogP contribution in [-0.2, 0) is 11.2 Å². The lowest BCUT2D eigenvalue weighted by atomic mass is 9.80. The van der Waals surface area contributed by atoms with Crippen LogP contribution in [0.2, 0.25) is 0 Å². The van der Waals surface area contributed by atoms with E-state index in [0.717, 1.165) is 37.3 Å². The Morgan fingerprint density at radius 2 is 1.44 bits per heavy atom. The van der Waals surface area contributed by atoms with Gasteiger partial charge in [0.15, 0.2) is 5.78 Å². The van der Waals surface area contributed by atoms with Gasteiger partial charge in [-0.1, -0.05) is 19.1 Å². The first kappa shape index (κ1) is 26.3. The zero-order valence-corrected chi connectivity index (χ0v) is 22.2. The lowest BCUT2D eigenvalue weighted by Crippen LogP contribution is -2.52. The molecule has 4 rings (SSSR count). The van der Waals surface area contributed by atoms with E-state index in [9.17, 15) is 9.59 Å². The van der Waals surface area contributed by atoms with Crippen LogP contribution in [0, 0.1) is 0 Å². The topological polar surface area (TPSA) is 56.3 Å². The first-order valence-corrected chi connectivity index (χ1v) is 13.1. The molecule has 2 aromatic rings. The summed E-state index contributed by atoms with van der Waals surface area (Å²) < 4.78 is 5.36. The van der Waals surface area contributed by atoms with Gasteiger partial charge in [0.1, 0.15) is 0 Å². The largest absolute Gasteiger partial charge is 0.378 e. The third-order valence-electron chi connectivity index (χ3n) is 7.86. The highest BCUT2D eigenvalue weighted by Crippen LogP contribution is 2.29. The minimum Gasteiger partial charge on any atom is -0.378 e. The molecule has 1 unspecified atom stereocenters. The van der Waals surface area contributed by atoms with E-state index in [1.165, 1.54) is 5.69 Å². The predicted octanol–water partition coefficient (Wildman–Crippen LogP) is 3.05. The fraction of sp³-hybridized carbons (Fsp3) is 0.517. The molecule has 7 nitrogen and oxygen atoms in total. The second-order valence-corrected chi connectivity index (χ2v) is 10.2. The van der Waals surface area contributed by atoms with Crippen molar-refractivity contribution in [3.8, 4) is 0 Å². The Hall–Kier alpha value is -2.74. The van der Waals surface area contributed by atoms with Crippen LogP contribution < -0.4 is 4.90 Å². The Morgan fingerprint density at radius 3 is 2.00 bits per heavy atom. The maximum atomic E-state index is 13.9. The molecule has 2 aliphatic heterocycles. The van der Waals surface area contributed by atoms with Crippen LogP contribution in [0.25, 0.3) is 0 Å². The third kappa shape index (κ3) is 5.64. The molecule has 0 aromatic heterocycles. The number of Topliss-reactive ketones (excluding diaryl/α,β-unsaturated/α-hetero) is 1. The quantitative estimate of drug-likeness (QED) is 0.528. The lowest BCUT2D eigenvalue weighted by Gasteiger charge is -2.38. The van der Waals surface area contributed by atoms with Crippen molar-refractivity contribution in [2.24, 2.45) is 0 Å². The number of likely N-dealkylation sites (N-methyl/N-ethyl adjacent to an activating group) is 2. The number of anilines is 1. The molecule has 2 saturated heterocycles.